The standard InChI is InChI=1S/C16H22N2O5/c1-11-6-12(2)9-17(8-11)16(19)10-23-15-5-4-13(22-3)7-14(15)18(20)21/h4-5,7,11-12H,6,8-10H2,1-3H3/t11-,12+. The zero-order chi connectivity index (χ0) is 17.0. The zero-order valence-electron chi connectivity index (χ0n) is 13.7. The summed E-state index contributed by atoms with van der Waals surface area (Å²) in [6, 6.07) is 4.30. The average molecular weight is 322 g/mol. The third-order valence-electron chi connectivity index (χ3n) is 3.94. The van der Waals surface area contributed by atoms with Crippen LogP contribution in [0.5, 0.6) is 11.5 Å². The molecule has 0 aliphatic carbocycles. The van der Waals surface area contributed by atoms with Gasteiger partial charge >= 0.3 is 5.69 Å². The summed E-state index contributed by atoms with van der Waals surface area (Å²) >= 11 is 0. The molecule has 0 radical (unpaired) electrons. The molecule has 1 fully saturated rings. The minimum atomic E-state index is -0.548. The van der Waals surface area contributed by atoms with Gasteiger partial charge in [0.1, 0.15) is 5.75 Å². The van der Waals surface area contributed by atoms with Crippen molar-refractivity contribution in [2.45, 2.75) is 20.3 Å². The lowest BCUT2D eigenvalue weighted by Gasteiger charge is -2.34. The summed E-state index contributed by atoms with van der Waals surface area (Å²) in [5.74, 6) is 1.21. The molecule has 0 saturated carbocycles. The Bertz CT molecular complexity index is 580. The van der Waals surface area contributed by atoms with Crippen LogP contribution in [0.3, 0.4) is 0 Å². The van der Waals surface area contributed by atoms with E-state index in [-0.39, 0.29) is 24.0 Å². The molecule has 1 aromatic carbocycles. The lowest BCUT2D eigenvalue weighted by Crippen LogP contribution is -2.44. The van der Waals surface area contributed by atoms with E-state index in [0.717, 1.165) is 6.42 Å². The van der Waals surface area contributed by atoms with E-state index in [0.29, 0.717) is 30.7 Å². The molecule has 0 N–H and O–H groups in total. The number of ether oxygens (including phenoxy) is 2. The second kappa shape index (κ2) is 7.30. The van der Waals surface area contributed by atoms with Crippen molar-refractivity contribution < 1.29 is 19.2 Å². The predicted molar refractivity (Wildman–Crippen MR) is 84.7 cm³/mol. The number of rotatable bonds is 5. The molecular weight excluding hydrogens is 300 g/mol. The Kier molecular flexibility index (Phi) is 5.41. The molecule has 7 heteroatoms. The topological polar surface area (TPSA) is 81.9 Å². The highest BCUT2D eigenvalue weighted by molar-refractivity contribution is 5.78. The molecular formula is C16H22N2O5. The van der Waals surface area contributed by atoms with Gasteiger partial charge in [-0.1, -0.05) is 13.8 Å². The molecule has 1 heterocycles. The van der Waals surface area contributed by atoms with Gasteiger partial charge in [-0.25, -0.2) is 0 Å². The van der Waals surface area contributed by atoms with Crippen molar-refractivity contribution in [3.63, 3.8) is 0 Å². The first-order valence-electron chi connectivity index (χ1n) is 7.63. The Balaban J connectivity index is 2.02. The molecule has 2 rings (SSSR count). The monoisotopic (exact) mass is 322 g/mol. The number of hydrogen-bond donors (Lipinski definition) is 0. The maximum Gasteiger partial charge on any atom is 0.314 e. The van der Waals surface area contributed by atoms with Crippen LogP contribution < -0.4 is 9.47 Å². The van der Waals surface area contributed by atoms with Crippen LogP contribution >= 0.6 is 0 Å². The maximum atomic E-state index is 12.3. The Morgan fingerprint density at radius 3 is 2.57 bits per heavy atom. The minimum absolute atomic E-state index is 0.0715. The predicted octanol–water partition coefficient (Wildman–Crippen LogP) is 2.49. The van der Waals surface area contributed by atoms with Crippen LogP contribution in [0, 0.1) is 22.0 Å². The lowest BCUT2D eigenvalue weighted by atomic mass is 9.92. The maximum absolute atomic E-state index is 12.3. The lowest BCUT2D eigenvalue weighted by molar-refractivity contribution is -0.385. The van der Waals surface area contributed by atoms with Gasteiger partial charge in [0.25, 0.3) is 5.91 Å². The fourth-order valence-corrected chi connectivity index (χ4v) is 2.99. The molecule has 7 nitrogen and oxygen atoms in total. The fraction of sp³-hybridized carbons (Fsp3) is 0.562. The van der Waals surface area contributed by atoms with E-state index in [1.807, 2.05) is 0 Å². The van der Waals surface area contributed by atoms with Crippen LogP contribution in [0.2, 0.25) is 0 Å². The van der Waals surface area contributed by atoms with Crippen molar-refractivity contribution in [2.24, 2.45) is 11.8 Å². The number of piperidine rings is 1. The van der Waals surface area contributed by atoms with Crippen molar-refractivity contribution in [1.82, 2.24) is 4.90 Å². The summed E-state index contributed by atoms with van der Waals surface area (Å²) in [7, 11) is 1.43. The highest BCUT2D eigenvalue weighted by Gasteiger charge is 2.26. The fourth-order valence-electron chi connectivity index (χ4n) is 2.99. The summed E-state index contributed by atoms with van der Waals surface area (Å²) in [5, 5.41) is 11.1. The van der Waals surface area contributed by atoms with Crippen molar-refractivity contribution in [1.29, 1.82) is 0 Å². The molecule has 2 atom stereocenters. The van der Waals surface area contributed by atoms with Gasteiger partial charge in [-0.15, -0.1) is 0 Å². The second-order valence-corrected chi connectivity index (χ2v) is 6.12. The summed E-state index contributed by atoms with van der Waals surface area (Å²) in [6.45, 7) is 5.44. The number of likely N-dealkylation sites (tertiary alicyclic amines) is 1. The van der Waals surface area contributed by atoms with Gasteiger partial charge in [-0.2, -0.15) is 0 Å². The highest BCUT2D eigenvalue weighted by atomic mass is 16.6. The van der Waals surface area contributed by atoms with E-state index in [1.54, 1.807) is 11.0 Å². The molecule has 126 valence electrons. The summed E-state index contributed by atoms with van der Waals surface area (Å²) < 4.78 is 10.4. The van der Waals surface area contributed by atoms with E-state index in [1.165, 1.54) is 19.2 Å². The Morgan fingerprint density at radius 1 is 1.35 bits per heavy atom. The molecule has 1 aliphatic rings. The van der Waals surface area contributed by atoms with Crippen molar-refractivity contribution in [3.8, 4) is 11.5 Å². The number of nitro groups is 1. The largest absolute Gasteiger partial charge is 0.496 e. The Hall–Kier alpha value is -2.31. The molecule has 0 unspecified atom stereocenters. The molecule has 1 aliphatic heterocycles. The van der Waals surface area contributed by atoms with Gasteiger partial charge < -0.3 is 14.4 Å². The molecule has 23 heavy (non-hydrogen) atoms. The van der Waals surface area contributed by atoms with E-state index < -0.39 is 4.92 Å². The quantitative estimate of drug-likeness (QED) is 0.614. The average Bonchev–Trinajstić information content (AvgIpc) is 2.51. The van der Waals surface area contributed by atoms with E-state index in [9.17, 15) is 14.9 Å². The molecule has 1 saturated heterocycles. The molecule has 0 spiro atoms. The number of hydrogen-bond acceptors (Lipinski definition) is 5. The smallest absolute Gasteiger partial charge is 0.314 e. The van der Waals surface area contributed by atoms with Crippen LogP contribution in [0.4, 0.5) is 5.69 Å². The van der Waals surface area contributed by atoms with E-state index in [4.69, 9.17) is 9.47 Å². The van der Waals surface area contributed by atoms with Gasteiger partial charge in [0.15, 0.2) is 12.4 Å². The van der Waals surface area contributed by atoms with Crippen LogP contribution in [-0.2, 0) is 4.79 Å². The first kappa shape index (κ1) is 17.1. The number of benzene rings is 1. The molecule has 1 amide bonds. The van der Waals surface area contributed by atoms with E-state index in [2.05, 4.69) is 13.8 Å². The van der Waals surface area contributed by atoms with Gasteiger partial charge in [0.05, 0.1) is 18.1 Å². The van der Waals surface area contributed by atoms with Crippen molar-refractivity contribution in [3.05, 3.63) is 28.3 Å². The van der Waals surface area contributed by atoms with Gasteiger partial charge in [-0.05, 0) is 30.4 Å². The van der Waals surface area contributed by atoms with Crippen molar-refractivity contribution in [2.75, 3.05) is 26.8 Å². The molecule has 0 bridgehead atoms. The van der Waals surface area contributed by atoms with Crippen LogP contribution in [0.25, 0.3) is 0 Å². The normalized spacial score (nSPS) is 20.9. The third kappa shape index (κ3) is 4.34. The zero-order valence-corrected chi connectivity index (χ0v) is 13.7. The first-order chi connectivity index (χ1) is 10.9. The minimum Gasteiger partial charge on any atom is -0.496 e. The van der Waals surface area contributed by atoms with Gasteiger partial charge in [0.2, 0.25) is 0 Å². The summed E-state index contributed by atoms with van der Waals surface area (Å²) in [5.41, 5.74) is -0.211. The number of methoxy groups -OCH3 is 1. The highest BCUT2D eigenvalue weighted by Crippen LogP contribution is 2.31. The van der Waals surface area contributed by atoms with Crippen molar-refractivity contribution >= 4 is 11.6 Å². The summed E-state index contributed by atoms with van der Waals surface area (Å²) in [4.78, 5) is 24.6. The van der Waals surface area contributed by atoms with E-state index >= 15 is 0 Å². The van der Waals surface area contributed by atoms with Crippen LogP contribution in [-0.4, -0.2) is 42.5 Å². The number of carbonyl (C=O) groups excluding carboxylic acids is 1. The number of nitrogens with zero attached hydrogens (tertiary/aromatic N) is 2. The molecule has 0 aromatic heterocycles. The number of nitro benzene ring substituents is 1. The number of carbonyl (C=O) groups is 1. The van der Waals surface area contributed by atoms with Gasteiger partial charge in [-0.3, -0.25) is 14.9 Å². The third-order valence-corrected chi connectivity index (χ3v) is 3.94. The summed E-state index contributed by atoms with van der Waals surface area (Å²) in [6.07, 6.45) is 1.11. The SMILES string of the molecule is COc1ccc(OCC(=O)N2C[C@H](C)C[C@H](C)C2)c([N+](=O)[O-])c1. The Morgan fingerprint density at radius 2 is 2.00 bits per heavy atom. The van der Waals surface area contributed by atoms with Gasteiger partial charge in [0, 0.05) is 13.1 Å². The number of amides is 1. The van der Waals surface area contributed by atoms with Crippen LogP contribution in [0.1, 0.15) is 20.3 Å². The second-order valence-electron chi connectivity index (χ2n) is 6.12. The van der Waals surface area contributed by atoms with Crippen LogP contribution in [0.15, 0.2) is 18.2 Å². The first-order valence-corrected chi connectivity index (χ1v) is 7.63. The Labute approximate surface area is 135 Å². The molecule has 1 aromatic rings.